The third kappa shape index (κ3) is 5.50. The van der Waals surface area contributed by atoms with Crippen LogP contribution >= 0.6 is 11.6 Å². The molecule has 2 aromatic rings. The van der Waals surface area contributed by atoms with E-state index in [1.54, 1.807) is 19.2 Å². The number of ether oxygens (including phenoxy) is 1. The van der Waals surface area contributed by atoms with Gasteiger partial charge in [-0.2, -0.15) is 4.98 Å². The van der Waals surface area contributed by atoms with E-state index in [1.165, 1.54) is 0 Å². The van der Waals surface area contributed by atoms with Crippen molar-refractivity contribution >= 4 is 17.6 Å². The predicted molar refractivity (Wildman–Crippen MR) is 94.0 cm³/mol. The molecule has 0 aliphatic heterocycles. The first kappa shape index (κ1) is 18.2. The Morgan fingerprint density at radius 1 is 1.46 bits per heavy atom. The van der Waals surface area contributed by atoms with Crippen LogP contribution in [0.25, 0.3) is 11.4 Å². The molecule has 24 heavy (non-hydrogen) atoms. The van der Waals surface area contributed by atoms with Crippen LogP contribution in [0.4, 0.5) is 0 Å². The Labute approximate surface area is 146 Å². The van der Waals surface area contributed by atoms with Gasteiger partial charge < -0.3 is 19.9 Å². The highest BCUT2D eigenvalue weighted by Gasteiger charge is 2.10. The van der Waals surface area contributed by atoms with E-state index < -0.39 is 0 Å². The van der Waals surface area contributed by atoms with E-state index in [9.17, 15) is 0 Å². The van der Waals surface area contributed by atoms with Crippen molar-refractivity contribution in [3.8, 4) is 11.4 Å². The standard InChI is InChI=1S/C16H22ClN5O2/c1-4-18-16(20-11(2)10-23-3)19-9-14-21-15(22-24-14)12-6-5-7-13(17)8-12/h5-8,11H,4,9-10H2,1-3H3,(H2,18,19,20). The monoisotopic (exact) mass is 351 g/mol. The number of rotatable bonds is 7. The van der Waals surface area contributed by atoms with E-state index in [0.29, 0.717) is 29.3 Å². The molecule has 8 heteroatoms. The molecule has 7 nitrogen and oxygen atoms in total. The average molecular weight is 352 g/mol. The van der Waals surface area contributed by atoms with Crippen LogP contribution in [0.1, 0.15) is 19.7 Å². The largest absolute Gasteiger partial charge is 0.383 e. The molecule has 1 aromatic carbocycles. The van der Waals surface area contributed by atoms with Crippen molar-refractivity contribution in [2.75, 3.05) is 20.3 Å². The highest BCUT2D eigenvalue weighted by atomic mass is 35.5. The van der Waals surface area contributed by atoms with Gasteiger partial charge in [-0.3, -0.25) is 0 Å². The maximum absolute atomic E-state index is 5.98. The third-order valence-electron chi connectivity index (χ3n) is 3.07. The number of aliphatic imine (C=N–C) groups is 1. The van der Waals surface area contributed by atoms with Crippen molar-refractivity contribution in [3.05, 3.63) is 35.2 Å². The number of hydrogen-bond acceptors (Lipinski definition) is 5. The van der Waals surface area contributed by atoms with E-state index in [4.69, 9.17) is 20.9 Å². The lowest BCUT2D eigenvalue weighted by Crippen LogP contribution is -2.43. The number of aromatic nitrogens is 2. The summed E-state index contributed by atoms with van der Waals surface area (Å²) in [6, 6.07) is 7.44. The molecule has 0 amide bonds. The predicted octanol–water partition coefficient (Wildman–Crippen LogP) is 2.48. The summed E-state index contributed by atoms with van der Waals surface area (Å²) >= 11 is 5.98. The molecule has 1 aromatic heterocycles. The zero-order chi connectivity index (χ0) is 17.4. The number of nitrogens with zero attached hydrogens (tertiary/aromatic N) is 3. The van der Waals surface area contributed by atoms with Crippen molar-refractivity contribution in [2.45, 2.75) is 26.4 Å². The summed E-state index contributed by atoms with van der Waals surface area (Å²) in [6.07, 6.45) is 0. The summed E-state index contributed by atoms with van der Waals surface area (Å²) < 4.78 is 10.4. The summed E-state index contributed by atoms with van der Waals surface area (Å²) in [7, 11) is 1.66. The first-order valence-corrected chi connectivity index (χ1v) is 8.12. The van der Waals surface area contributed by atoms with Gasteiger partial charge in [0.05, 0.1) is 6.61 Å². The van der Waals surface area contributed by atoms with Crippen LogP contribution in [0.15, 0.2) is 33.8 Å². The molecule has 0 spiro atoms. The van der Waals surface area contributed by atoms with Crippen LogP contribution in [-0.4, -0.2) is 42.4 Å². The fourth-order valence-electron chi connectivity index (χ4n) is 2.06. The van der Waals surface area contributed by atoms with E-state index in [-0.39, 0.29) is 12.6 Å². The van der Waals surface area contributed by atoms with Gasteiger partial charge in [0, 0.05) is 30.3 Å². The SMILES string of the molecule is CCNC(=NCc1nc(-c2cccc(Cl)c2)no1)NC(C)COC. The van der Waals surface area contributed by atoms with E-state index in [0.717, 1.165) is 12.1 Å². The number of halogens is 1. The fraction of sp³-hybridized carbons (Fsp3) is 0.438. The van der Waals surface area contributed by atoms with Crippen LogP contribution in [0, 0.1) is 0 Å². The molecular weight excluding hydrogens is 330 g/mol. The number of nitrogens with one attached hydrogen (secondary N) is 2. The summed E-state index contributed by atoms with van der Waals surface area (Å²) in [5.41, 5.74) is 0.806. The molecule has 1 atom stereocenters. The maximum atomic E-state index is 5.98. The van der Waals surface area contributed by atoms with Crippen molar-refractivity contribution in [1.29, 1.82) is 0 Å². The third-order valence-corrected chi connectivity index (χ3v) is 3.30. The molecule has 0 saturated carbocycles. The van der Waals surface area contributed by atoms with Gasteiger partial charge in [0.15, 0.2) is 5.96 Å². The second kappa shape index (κ2) is 9.24. The molecule has 0 saturated heterocycles. The van der Waals surface area contributed by atoms with Crippen LogP contribution in [0.3, 0.4) is 0 Å². The van der Waals surface area contributed by atoms with Gasteiger partial charge in [-0.1, -0.05) is 28.9 Å². The minimum atomic E-state index is 0.137. The van der Waals surface area contributed by atoms with Gasteiger partial charge in [0.25, 0.3) is 0 Å². The molecule has 130 valence electrons. The number of hydrogen-bond donors (Lipinski definition) is 2. The summed E-state index contributed by atoms with van der Waals surface area (Å²) in [5.74, 6) is 1.60. The van der Waals surface area contributed by atoms with Gasteiger partial charge in [0.2, 0.25) is 11.7 Å². The van der Waals surface area contributed by atoms with E-state index in [1.807, 2.05) is 26.0 Å². The number of guanidine groups is 1. The smallest absolute Gasteiger partial charge is 0.248 e. The molecular formula is C16H22ClN5O2. The van der Waals surface area contributed by atoms with Crippen molar-refractivity contribution in [2.24, 2.45) is 4.99 Å². The van der Waals surface area contributed by atoms with Gasteiger partial charge in [0.1, 0.15) is 6.54 Å². The minimum Gasteiger partial charge on any atom is -0.383 e. The molecule has 2 N–H and O–H groups in total. The average Bonchev–Trinajstić information content (AvgIpc) is 3.02. The Morgan fingerprint density at radius 3 is 3.00 bits per heavy atom. The Bertz CT molecular complexity index is 674. The lowest BCUT2D eigenvalue weighted by Gasteiger charge is -2.16. The zero-order valence-corrected chi connectivity index (χ0v) is 14.8. The lowest BCUT2D eigenvalue weighted by molar-refractivity contribution is 0.179. The molecule has 0 bridgehead atoms. The quantitative estimate of drug-likeness (QED) is 0.589. The van der Waals surface area contributed by atoms with Gasteiger partial charge in [-0.05, 0) is 26.0 Å². The Kier molecular flexibility index (Phi) is 7.02. The van der Waals surface area contributed by atoms with Gasteiger partial charge in [-0.25, -0.2) is 4.99 Å². The Balaban J connectivity index is 2.03. The van der Waals surface area contributed by atoms with Crippen LogP contribution < -0.4 is 10.6 Å². The second-order valence-corrected chi connectivity index (χ2v) is 5.65. The summed E-state index contributed by atoms with van der Waals surface area (Å²) in [6.45, 7) is 5.64. The number of benzene rings is 1. The van der Waals surface area contributed by atoms with E-state index in [2.05, 4.69) is 25.8 Å². The van der Waals surface area contributed by atoms with Crippen molar-refractivity contribution < 1.29 is 9.26 Å². The zero-order valence-electron chi connectivity index (χ0n) is 14.0. The molecule has 0 radical (unpaired) electrons. The second-order valence-electron chi connectivity index (χ2n) is 5.22. The maximum Gasteiger partial charge on any atom is 0.248 e. The highest BCUT2D eigenvalue weighted by Crippen LogP contribution is 2.19. The van der Waals surface area contributed by atoms with Gasteiger partial charge >= 0.3 is 0 Å². The highest BCUT2D eigenvalue weighted by molar-refractivity contribution is 6.30. The molecule has 0 aliphatic carbocycles. The Morgan fingerprint density at radius 2 is 2.29 bits per heavy atom. The molecule has 1 heterocycles. The van der Waals surface area contributed by atoms with E-state index >= 15 is 0 Å². The lowest BCUT2D eigenvalue weighted by atomic mass is 10.2. The van der Waals surface area contributed by atoms with Crippen LogP contribution in [0.2, 0.25) is 5.02 Å². The summed E-state index contributed by atoms with van der Waals surface area (Å²) in [5, 5.41) is 11.0. The molecule has 0 fully saturated rings. The first-order chi connectivity index (χ1) is 11.6. The van der Waals surface area contributed by atoms with Gasteiger partial charge in [-0.15, -0.1) is 0 Å². The Hall–Kier alpha value is -2.12. The fourth-order valence-corrected chi connectivity index (χ4v) is 2.25. The first-order valence-electron chi connectivity index (χ1n) is 7.74. The number of methoxy groups -OCH3 is 1. The minimum absolute atomic E-state index is 0.137. The summed E-state index contributed by atoms with van der Waals surface area (Å²) in [4.78, 5) is 8.79. The molecule has 1 unspecified atom stereocenters. The molecule has 0 aliphatic rings. The normalized spacial score (nSPS) is 12.9. The van der Waals surface area contributed by atoms with Crippen molar-refractivity contribution in [1.82, 2.24) is 20.8 Å². The van der Waals surface area contributed by atoms with Crippen LogP contribution in [0.5, 0.6) is 0 Å². The topological polar surface area (TPSA) is 84.6 Å². The van der Waals surface area contributed by atoms with Crippen molar-refractivity contribution in [3.63, 3.8) is 0 Å². The molecule has 2 rings (SSSR count). The van der Waals surface area contributed by atoms with Crippen LogP contribution in [-0.2, 0) is 11.3 Å².